The van der Waals surface area contributed by atoms with Crippen LogP contribution in [-0.2, 0) is 6.42 Å². The number of carbonyl (C=O) groups excluding carboxylic acids is 1. The molecule has 1 aromatic rings. The second-order valence-corrected chi connectivity index (χ2v) is 5.45. The summed E-state index contributed by atoms with van der Waals surface area (Å²) in [5.41, 5.74) is 3.64. The van der Waals surface area contributed by atoms with E-state index in [9.17, 15) is 4.79 Å². The van der Waals surface area contributed by atoms with Crippen LogP contribution in [0.15, 0.2) is 18.2 Å². The second kappa shape index (κ2) is 6.17. The first-order valence-electron chi connectivity index (χ1n) is 7.38. The van der Waals surface area contributed by atoms with Gasteiger partial charge in [-0.25, -0.2) is 0 Å². The lowest BCUT2D eigenvalue weighted by Crippen LogP contribution is -2.19. The quantitative estimate of drug-likeness (QED) is 0.699. The topological polar surface area (TPSA) is 17.1 Å². The highest BCUT2D eigenvalue weighted by atomic mass is 16.1. The van der Waals surface area contributed by atoms with Crippen LogP contribution in [0, 0.1) is 5.92 Å². The average molecular weight is 244 g/mol. The summed E-state index contributed by atoms with van der Waals surface area (Å²) in [6.45, 7) is 4.47. The van der Waals surface area contributed by atoms with Crippen molar-refractivity contribution in [1.29, 1.82) is 0 Å². The van der Waals surface area contributed by atoms with Gasteiger partial charge in [0.2, 0.25) is 0 Å². The van der Waals surface area contributed by atoms with E-state index in [0.717, 1.165) is 24.2 Å². The molecule has 1 heteroatoms. The molecule has 0 saturated heterocycles. The lowest BCUT2D eigenvalue weighted by Gasteiger charge is -2.32. The molecule has 1 fully saturated rings. The van der Waals surface area contributed by atoms with Crippen molar-refractivity contribution in [2.45, 2.75) is 58.3 Å². The molecule has 2 atom stereocenters. The first-order valence-corrected chi connectivity index (χ1v) is 7.38. The molecule has 98 valence electrons. The standard InChI is InChI=1S/C17H24O/c1-3-13-8-5-6-10-16(13)17-11-7-9-14(12-18)15(17)4-2/h7,9,11-13,16H,3-6,8,10H2,1-2H3. The maximum atomic E-state index is 11.2. The molecule has 2 rings (SSSR count). The number of hydrogen-bond donors (Lipinski definition) is 0. The maximum absolute atomic E-state index is 11.2. The van der Waals surface area contributed by atoms with Gasteiger partial charge in [0.05, 0.1) is 0 Å². The third kappa shape index (κ3) is 2.50. The van der Waals surface area contributed by atoms with E-state index in [2.05, 4.69) is 26.0 Å². The lowest BCUT2D eigenvalue weighted by molar-refractivity contribution is 0.112. The Morgan fingerprint density at radius 2 is 2.00 bits per heavy atom. The highest BCUT2D eigenvalue weighted by Gasteiger charge is 2.27. The molecule has 18 heavy (non-hydrogen) atoms. The van der Waals surface area contributed by atoms with Crippen molar-refractivity contribution < 1.29 is 4.79 Å². The summed E-state index contributed by atoms with van der Waals surface area (Å²) in [7, 11) is 0. The van der Waals surface area contributed by atoms with E-state index in [1.54, 1.807) is 0 Å². The van der Waals surface area contributed by atoms with Crippen molar-refractivity contribution in [3.05, 3.63) is 34.9 Å². The van der Waals surface area contributed by atoms with Crippen molar-refractivity contribution >= 4 is 6.29 Å². The molecule has 0 aliphatic heterocycles. The van der Waals surface area contributed by atoms with Crippen LogP contribution in [0.3, 0.4) is 0 Å². The van der Waals surface area contributed by atoms with Gasteiger partial charge < -0.3 is 0 Å². The summed E-state index contributed by atoms with van der Waals surface area (Å²) >= 11 is 0. The Bertz CT molecular complexity index is 408. The Morgan fingerprint density at radius 3 is 2.67 bits per heavy atom. The average Bonchev–Trinajstić information content (AvgIpc) is 2.46. The number of carbonyl (C=O) groups is 1. The molecular weight excluding hydrogens is 220 g/mol. The molecule has 0 radical (unpaired) electrons. The lowest BCUT2D eigenvalue weighted by atomic mass is 9.72. The summed E-state index contributed by atoms with van der Waals surface area (Å²) in [4.78, 5) is 11.2. The Labute approximate surface area is 111 Å². The summed E-state index contributed by atoms with van der Waals surface area (Å²) in [6, 6.07) is 6.27. The Balaban J connectivity index is 2.39. The number of benzene rings is 1. The molecule has 1 aliphatic rings. The smallest absolute Gasteiger partial charge is 0.150 e. The van der Waals surface area contributed by atoms with Crippen molar-refractivity contribution in [2.24, 2.45) is 5.92 Å². The van der Waals surface area contributed by atoms with Gasteiger partial charge in [-0.15, -0.1) is 0 Å². The van der Waals surface area contributed by atoms with Crippen LogP contribution in [0.5, 0.6) is 0 Å². The van der Waals surface area contributed by atoms with E-state index in [-0.39, 0.29) is 0 Å². The van der Waals surface area contributed by atoms with E-state index in [0.29, 0.717) is 5.92 Å². The van der Waals surface area contributed by atoms with Crippen LogP contribution >= 0.6 is 0 Å². The van der Waals surface area contributed by atoms with E-state index < -0.39 is 0 Å². The van der Waals surface area contributed by atoms with Crippen LogP contribution < -0.4 is 0 Å². The minimum Gasteiger partial charge on any atom is -0.298 e. The maximum Gasteiger partial charge on any atom is 0.150 e. The fraction of sp³-hybridized carbons (Fsp3) is 0.588. The molecule has 1 aromatic carbocycles. The predicted octanol–water partition coefficient (Wildman–Crippen LogP) is 4.75. The molecular formula is C17H24O. The van der Waals surface area contributed by atoms with Gasteiger partial charge in [0.1, 0.15) is 6.29 Å². The normalized spacial score (nSPS) is 23.9. The monoisotopic (exact) mass is 244 g/mol. The minimum absolute atomic E-state index is 0.679. The molecule has 0 amide bonds. The summed E-state index contributed by atoms with van der Waals surface area (Å²) < 4.78 is 0. The van der Waals surface area contributed by atoms with E-state index in [1.807, 2.05) is 6.07 Å². The van der Waals surface area contributed by atoms with Gasteiger partial charge in [-0.05, 0) is 42.2 Å². The zero-order valence-corrected chi connectivity index (χ0v) is 11.6. The van der Waals surface area contributed by atoms with Gasteiger partial charge >= 0.3 is 0 Å². The highest BCUT2D eigenvalue weighted by Crippen LogP contribution is 2.41. The molecule has 0 heterocycles. The van der Waals surface area contributed by atoms with Gasteiger partial charge in [-0.3, -0.25) is 4.79 Å². The summed E-state index contributed by atoms with van der Waals surface area (Å²) in [6.07, 6.45) is 8.63. The Hall–Kier alpha value is -1.11. The molecule has 1 aliphatic carbocycles. The van der Waals surface area contributed by atoms with Crippen LogP contribution in [0.1, 0.15) is 73.4 Å². The predicted molar refractivity (Wildman–Crippen MR) is 76.2 cm³/mol. The largest absolute Gasteiger partial charge is 0.298 e. The molecule has 0 aromatic heterocycles. The van der Waals surface area contributed by atoms with Crippen LogP contribution in [0.4, 0.5) is 0 Å². The van der Waals surface area contributed by atoms with Crippen LogP contribution in [0.25, 0.3) is 0 Å². The molecule has 1 saturated carbocycles. The number of aldehydes is 1. The van der Waals surface area contributed by atoms with E-state index in [4.69, 9.17) is 0 Å². The van der Waals surface area contributed by atoms with Gasteiger partial charge in [-0.2, -0.15) is 0 Å². The molecule has 0 N–H and O–H groups in total. The minimum atomic E-state index is 0.679. The zero-order valence-electron chi connectivity index (χ0n) is 11.6. The fourth-order valence-corrected chi connectivity index (χ4v) is 3.60. The SMILES string of the molecule is CCc1c(C=O)cccc1C1CCCCC1CC. The molecule has 1 nitrogen and oxygen atoms in total. The van der Waals surface area contributed by atoms with Gasteiger partial charge in [0.25, 0.3) is 0 Å². The van der Waals surface area contributed by atoms with Crippen LogP contribution in [0.2, 0.25) is 0 Å². The fourth-order valence-electron chi connectivity index (χ4n) is 3.60. The first kappa shape index (κ1) is 13.3. The molecule has 2 unspecified atom stereocenters. The Morgan fingerprint density at radius 1 is 1.22 bits per heavy atom. The van der Waals surface area contributed by atoms with Gasteiger partial charge in [0.15, 0.2) is 0 Å². The van der Waals surface area contributed by atoms with Crippen molar-refractivity contribution in [3.63, 3.8) is 0 Å². The Kier molecular flexibility index (Phi) is 4.57. The number of hydrogen-bond acceptors (Lipinski definition) is 1. The third-order valence-corrected chi connectivity index (χ3v) is 4.56. The summed E-state index contributed by atoms with van der Waals surface area (Å²) in [5.74, 6) is 1.49. The van der Waals surface area contributed by atoms with Crippen LogP contribution in [-0.4, -0.2) is 6.29 Å². The summed E-state index contributed by atoms with van der Waals surface area (Å²) in [5, 5.41) is 0. The first-order chi connectivity index (χ1) is 8.81. The third-order valence-electron chi connectivity index (χ3n) is 4.56. The van der Waals surface area contributed by atoms with Gasteiger partial charge in [0, 0.05) is 5.56 Å². The van der Waals surface area contributed by atoms with Crippen molar-refractivity contribution in [3.8, 4) is 0 Å². The van der Waals surface area contributed by atoms with E-state index in [1.165, 1.54) is 43.2 Å². The molecule has 0 bridgehead atoms. The molecule has 0 spiro atoms. The highest BCUT2D eigenvalue weighted by molar-refractivity contribution is 5.78. The van der Waals surface area contributed by atoms with E-state index >= 15 is 0 Å². The zero-order chi connectivity index (χ0) is 13.0. The second-order valence-electron chi connectivity index (χ2n) is 5.45. The number of rotatable bonds is 4. The van der Waals surface area contributed by atoms with Gasteiger partial charge in [-0.1, -0.05) is 51.3 Å². The van der Waals surface area contributed by atoms with Crippen molar-refractivity contribution in [1.82, 2.24) is 0 Å². The van der Waals surface area contributed by atoms with Crippen molar-refractivity contribution in [2.75, 3.05) is 0 Å².